The highest BCUT2D eigenvalue weighted by molar-refractivity contribution is 7.92. The van der Waals surface area contributed by atoms with Gasteiger partial charge in [0.15, 0.2) is 9.84 Å². The molecule has 1 unspecified atom stereocenters. The monoisotopic (exact) mass is 332 g/mol. The molecule has 0 aromatic heterocycles. The number of carbonyl (C=O) groups excluding carboxylic acids is 1. The Kier molecular flexibility index (Phi) is 5.05. The highest BCUT2D eigenvalue weighted by atomic mass is 32.2. The zero-order chi connectivity index (χ0) is 17.0. The molecule has 0 saturated heterocycles. The van der Waals surface area contributed by atoms with E-state index in [1.165, 1.54) is 6.92 Å². The summed E-state index contributed by atoms with van der Waals surface area (Å²) in [6, 6.07) is 17.0. The molecule has 0 heterocycles. The molecule has 6 heteroatoms. The van der Waals surface area contributed by atoms with Crippen molar-refractivity contribution in [2.75, 3.05) is 23.5 Å². The number of nitrogens with zero attached hydrogens (tertiary/aromatic N) is 1. The number of nitrogens with one attached hydrogen (secondary N) is 1. The Hall–Kier alpha value is -2.34. The van der Waals surface area contributed by atoms with E-state index in [9.17, 15) is 13.2 Å². The lowest BCUT2D eigenvalue weighted by atomic mass is 10.2. The third-order valence-corrected chi connectivity index (χ3v) is 5.18. The zero-order valence-electron chi connectivity index (χ0n) is 13.4. The van der Waals surface area contributed by atoms with Crippen LogP contribution in [0.3, 0.4) is 0 Å². The van der Waals surface area contributed by atoms with E-state index in [-0.39, 0.29) is 0 Å². The van der Waals surface area contributed by atoms with Gasteiger partial charge in [0.1, 0.15) is 5.25 Å². The summed E-state index contributed by atoms with van der Waals surface area (Å²) in [5.74, 6) is -0.540. The molecule has 2 aromatic carbocycles. The maximum atomic E-state index is 12.2. The van der Waals surface area contributed by atoms with Crippen molar-refractivity contribution in [1.82, 2.24) is 0 Å². The lowest BCUT2D eigenvalue weighted by Gasteiger charge is -2.23. The predicted octanol–water partition coefficient (Wildman–Crippen LogP) is 2.83. The third kappa shape index (κ3) is 4.10. The van der Waals surface area contributed by atoms with Gasteiger partial charge >= 0.3 is 0 Å². The average molecular weight is 332 g/mol. The summed E-state index contributed by atoms with van der Waals surface area (Å²) in [6.07, 6.45) is 1.05. The van der Waals surface area contributed by atoms with Crippen LogP contribution in [0.25, 0.3) is 0 Å². The highest BCUT2D eigenvalue weighted by Crippen LogP contribution is 2.30. The van der Waals surface area contributed by atoms with Gasteiger partial charge in [0.25, 0.3) is 0 Å². The summed E-state index contributed by atoms with van der Waals surface area (Å²) < 4.78 is 23.1. The van der Waals surface area contributed by atoms with Crippen LogP contribution in [0.2, 0.25) is 0 Å². The van der Waals surface area contributed by atoms with Crippen molar-refractivity contribution in [2.24, 2.45) is 0 Å². The summed E-state index contributed by atoms with van der Waals surface area (Å²) >= 11 is 0. The molecule has 5 nitrogen and oxygen atoms in total. The van der Waals surface area contributed by atoms with Gasteiger partial charge in [0.2, 0.25) is 5.91 Å². The fourth-order valence-corrected chi connectivity index (χ4v) is 2.54. The van der Waals surface area contributed by atoms with E-state index >= 15 is 0 Å². The van der Waals surface area contributed by atoms with Crippen LogP contribution >= 0.6 is 0 Å². The molecule has 1 N–H and O–H groups in total. The minimum atomic E-state index is -3.43. The number of sulfone groups is 1. The molecule has 122 valence electrons. The van der Waals surface area contributed by atoms with Gasteiger partial charge in [0.05, 0.1) is 11.4 Å². The number of hydrogen-bond acceptors (Lipinski definition) is 4. The molecule has 23 heavy (non-hydrogen) atoms. The normalized spacial score (nSPS) is 12.5. The van der Waals surface area contributed by atoms with Gasteiger partial charge < -0.3 is 10.2 Å². The molecule has 1 atom stereocenters. The Morgan fingerprint density at radius 2 is 1.61 bits per heavy atom. The van der Waals surface area contributed by atoms with Gasteiger partial charge in [0, 0.05) is 19.0 Å². The SMILES string of the molecule is CC(C(=O)Nc1ccccc1N(C)c1ccccc1)S(C)(=O)=O. The van der Waals surface area contributed by atoms with E-state index < -0.39 is 21.0 Å². The van der Waals surface area contributed by atoms with Gasteiger partial charge in [-0.15, -0.1) is 0 Å². The molecule has 0 fully saturated rings. The number of rotatable bonds is 5. The maximum absolute atomic E-state index is 12.2. The molecule has 0 radical (unpaired) electrons. The Morgan fingerprint density at radius 1 is 1.04 bits per heavy atom. The first-order chi connectivity index (χ1) is 10.8. The standard InChI is InChI=1S/C17H20N2O3S/c1-13(23(3,21)22)17(20)18-15-11-7-8-12-16(15)19(2)14-9-5-4-6-10-14/h4-13H,1-3H3,(H,18,20). The van der Waals surface area contributed by atoms with Crippen molar-refractivity contribution in [2.45, 2.75) is 12.2 Å². The fourth-order valence-electron chi connectivity index (χ4n) is 2.09. The van der Waals surface area contributed by atoms with Crippen LogP contribution in [-0.2, 0) is 14.6 Å². The molecule has 1 amide bonds. The number of benzene rings is 2. The van der Waals surface area contributed by atoms with Crippen LogP contribution in [0.4, 0.5) is 17.1 Å². The topological polar surface area (TPSA) is 66.5 Å². The molecule has 0 saturated carbocycles. The largest absolute Gasteiger partial charge is 0.343 e. The Bertz CT molecular complexity index is 788. The quantitative estimate of drug-likeness (QED) is 0.914. The summed E-state index contributed by atoms with van der Waals surface area (Å²) in [7, 11) is -1.54. The molecule has 2 rings (SSSR count). The van der Waals surface area contributed by atoms with Crippen molar-refractivity contribution in [3.05, 3.63) is 54.6 Å². The first-order valence-corrected chi connectivity index (χ1v) is 9.13. The summed E-state index contributed by atoms with van der Waals surface area (Å²) in [5, 5.41) is 1.61. The van der Waals surface area contributed by atoms with Crippen LogP contribution in [0.15, 0.2) is 54.6 Å². The first-order valence-electron chi connectivity index (χ1n) is 7.18. The Labute approximate surface area is 136 Å². The van der Waals surface area contributed by atoms with Crippen molar-refractivity contribution in [3.63, 3.8) is 0 Å². The molecule has 0 aliphatic carbocycles. The van der Waals surface area contributed by atoms with Crippen molar-refractivity contribution >= 4 is 32.8 Å². The van der Waals surface area contributed by atoms with E-state index in [4.69, 9.17) is 0 Å². The number of para-hydroxylation sites is 3. The molecule has 0 aliphatic heterocycles. The van der Waals surface area contributed by atoms with E-state index in [2.05, 4.69) is 5.32 Å². The van der Waals surface area contributed by atoms with Crippen LogP contribution in [-0.4, -0.2) is 32.9 Å². The van der Waals surface area contributed by atoms with Crippen molar-refractivity contribution in [1.29, 1.82) is 0 Å². The number of anilines is 3. The van der Waals surface area contributed by atoms with Crippen molar-refractivity contribution < 1.29 is 13.2 Å². The Balaban J connectivity index is 2.30. The maximum Gasteiger partial charge on any atom is 0.242 e. The summed E-state index contributed by atoms with van der Waals surface area (Å²) in [5.41, 5.74) is 2.32. The van der Waals surface area contributed by atoms with E-state index in [1.54, 1.807) is 12.1 Å². The second-order valence-corrected chi connectivity index (χ2v) is 7.74. The van der Waals surface area contributed by atoms with Gasteiger partial charge in [-0.25, -0.2) is 8.42 Å². The second-order valence-electron chi connectivity index (χ2n) is 5.37. The summed E-state index contributed by atoms with van der Waals surface area (Å²) in [6.45, 7) is 1.38. The smallest absolute Gasteiger partial charge is 0.242 e. The van der Waals surface area contributed by atoms with Crippen LogP contribution in [0, 0.1) is 0 Å². The zero-order valence-corrected chi connectivity index (χ0v) is 14.2. The molecule has 2 aromatic rings. The van der Waals surface area contributed by atoms with Crippen molar-refractivity contribution in [3.8, 4) is 0 Å². The number of carbonyl (C=O) groups is 1. The minimum absolute atomic E-state index is 0.540. The average Bonchev–Trinajstić information content (AvgIpc) is 2.54. The van der Waals surface area contributed by atoms with E-state index in [0.29, 0.717) is 5.69 Å². The van der Waals surface area contributed by atoms with Crippen LogP contribution < -0.4 is 10.2 Å². The first kappa shape index (κ1) is 17.0. The second kappa shape index (κ2) is 6.83. The number of amides is 1. The van der Waals surface area contributed by atoms with Gasteiger partial charge in [-0.1, -0.05) is 30.3 Å². The molecular weight excluding hydrogens is 312 g/mol. The molecule has 0 bridgehead atoms. The van der Waals surface area contributed by atoms with E-state index in [1.807, 2.05) is 54.4 Å². The lowest BCUT2D eigenvalue weighted by molar-refractivity contribution is -0.115. The van der Waals surface area contributed by atoms with Crippen LogP contribution in [0.1, 0.15) is 6.92 Å². The van der Waals surface area contributed by atoms with Gasteiger partial charge in [-0.3, -0.25) is 4.79 Å². The fraction of sp³-hybridized carbons (Fsp3) is 0.235. The van der Waals surface area contributed by atoms with Crippen LogP contribution in [0.5, 0.6) is 0 Å². The predicted molar refractivity (Wildman–Crippen MR) is 93.9 cm³/mol. The third-order valence-electron chi connectivity index (χ3n) is 3.68. The lowest BCUT2D eigenvalue weighted by Crippen LogP contribution is -2.32. The molecule has 0 aliphatic rings. The van der Waals surface area contributed by atoms with E-state index in [0.717, 1.165) is 17.6 Å². The summed E-state index contributed by atoms with van der Waals surface area (Å²) in [4.78, 5) is 14.1. The van der Waals surface area contributed by atoms with Gasteiger partial charge in [-0.05, 0) is 31.2 Å². The van der Waals surface area contributed by atoms with Gasteiger partial charge in [-0.2, -0.15) is 0 Å². The Morgan fingerprint density at radius 3 is 2.22 bits per heavy atom. The molecular formula is C17H20N2O3S. The molecule has 0 spiro atoms. The number of hydrogen-bond donors (Lipinski definition) is 1. The highest BCUT2D eigenvalue weighted by Gasteiger charge is 2.24. The minimum Gasteiger partial charge on any atom is -0.343 e.